The number of hydrogen-bond acceptors (Lipinski definition) is 5. The van der Waals surface area contributed by atoms with Crippen LogP contribution in [0.2, 0.25) is 0 Å². The number of urea groups is 1. The van der Waals surface area contributed by atoms with Gasteiger partial charge in [-0.15, -0.1) is 0 Å². The molecule has 0 aromatic heterocycles. The van der Waals surface area contributed by atoms with E-state index in [1.807, 2.05) is 0 Å². The van der Waals surface area contributed by atoms with Crippen molar-refractivity contribution < 1.29 is 23.9 Å². The van der Waals surface area contributed by atoms with Gasteiger partial charge in [0.05, 0.1) is 20.6 Å². The van der Waals surface area contributed by atoms with Crippen LogP contribution < -0.4 is 20.2 Å². The van der Waals surface area contributed by atoms with Gasteiger partial charge in [-0.1, -0.05) is 25.3 Å². The van der Waals surface area contributed by atoms with E-state index in [0.29, 0.717) is 29.9 Å². The van der Waals surface area contributed by atoms with E-state index in [2.05, 4.69) is 10.7 Å². The fourth-order valence-corrected chi connectivity index (χ4v) is 3.55. The summed E-state index contributed by atoms with van der Waals surface area (Å²) in [6.07, 6.45) is 4.01. The molecule has 8 heteroatoms. The van der Waals surface area contributed by atoms with Gasteiger partial charge in [0, 0.05) is 11.6 Å². The summed E-state index contributed by atoms with van der Waals surface area (Å²) in [5.74, 6) is 0.266. The standard InChI is InChI=1S/C18H23N3O5/c1-25-13-7-6-12(14(11-13)26-2)10-15(22)20-21-16(23)18(19-17(21)24)8-4-3-5-9-18/h6-7,11H,3-5,8-10H2,1-2H3,(H,19,24)(H,20,22). The molecule has 4 amide bonds. The van der Waals surface area contributed by atoms with Crippen LogP contribution in [-0.4, -0.2) is 42.6 Å². The number of nitrogens with one attached hydrogen (secondary N) is 2. The predicted molar refractivity (Wildman–Crippen MR) is 92.6 cm³/mol. The van der Waals surface area contributed by atoms with Crippen molar-refractivity contribution in [3.05, 3.63) is 23.8 Å². The van der Waals surface area contributed by atoms with E-state index in [4.69, 9.17) is 9.47 Å². The third kappa shape index (κ3) is 3.31. The van der Waals surface area contributed by atoms with Crippen molar-refractivity contribution in [3.63, 3.8) is 0 Å². The highest BCUT2D eigenvalue weighted by Crippen LogP contribution is 2.33. The number of rotatable bonds is 5. The molecule has 0 bridgehead atoms. The van der Waals surface area contributed by atoms with Crippen molar-refractivity contribution in [1.29, 1.82) is 0 Å². The largest absolute Gasteiger partial charge is 0.497 e. The summed E-state index contributed by atoms with van der Waals surface area (Å²) in [6, 6.07) is 4.53. The Balaban J connectivity index is 1.68. The van der Waals surface area contributed by atoms with E-state index in [1.54, 1.807) is 25.3 Å². The Morgan fingerprint density at radius 3 is 2.58 bits per heavy atom. The summed E-state index contributed by atoms with van der Waals surface area (Å²) in [6.45, 7) is 0. The number of hydrogen-bond donors (Lipinski definition) is 2. The Morgan fingerprint density at radius 2 is 1.92 bits per heavy atom. The Morgan fingerprint density at radius 1 is 1.19 bits per heavy atom. The number of ether oxygens (including phenoxy) is 2. The molecular formula is C18H23N3O5. The van der Waals surface area contributed by atoms with Crippen LogP contribution in [0.3, 0.4) is 0 Å². The number of carbonyl (C=O) groups is 3. The summed E-state index contributed by atoms with van der Waals surface area (Å²) >= 11 is 0. The predicted octanol–water partition coefficient (Wildman–Crippen LogP) is 1.53. The van der Waals surface area contributed by atoms with Crippen LogP contribution in [0.4, 0.5) is 4.79 Å². The summed E-state index contributed by atoms with van der Waals surface area (Å²) in [5.41, 5.74) is 2.19. The minimum absolute atomic E-state index is 0.0305. The highest BCUT2D eigenvalue weighted by molar-refractivity contribution is 6.08. The fraction of sp³-hybridized carbons (Fsp3) is 0.500. The Bertz CT molecular complexity index is 728. The van der Waals surface area contributed by atoms with Crippen LogP contribution in [-0.2, 0) is 16.0 Å². The maximum Gasteiger partial charge on any atom is 0.344 e. The van der Waals surface area contributed by atoms with Gasteiger partial charge in [-0.3, -0.25) is 15.0 Å². The highest BCUT2D eigenvalue weighted by Gasteiger charge is 2.52. The van der Waals surface area contributed by atoms with Gasteiger partial charge in [0.25, 0.3) is 5.91 Å². The van der Waals surface area contributed by atoms with Gasteiger partial charge < -0.3 is 14.8 Å². The minimum atomic E-state index is -0.861. The SMILES string of the molecule is COc1ccc(CC(=O)NN2C(=O)NC3(CCCCC3)C2=O)c(OC)c1. The molecule has 0 unspecified atom stereocenters. The second-order valence-electron chi connectivity index (χ2n) is 6.60. The zero-order valence-corrected chi connectivity index (χ0v) is 15.0. The third-order valence-corrected chi connectivity index (χ3v) is 4.95. The Labute approximate surface area is 151 Å². The molecule has 1 heterocycles. The van der Waals surface area contributed by atoms with Crippen LogP contribution in [0.15, 0.2) is 18.2 Å². The number of imide groups is 1. The molecule has 140 valence electrons. The lowest BCUT2D eigenvalue weighted by atomic mass is 9.82. The van der Waals surface area contributed by atoms with Gasteiger partial charge in [0.1, 0.15) is 17.0 Å². The average Bonchev–Trinajstić information content (AvgIpc) is 2.86. The molecule has 2 fully saturated rings. The molecule has 1 spiro atoms. The molecule has 1 aromatic rings. The van der Waals surface area contributed by atoms with E-state index in [-0.39, 0.29) is 12.3 Å². The average molecular weight is 361 g/mol. The molecule has 2 aliphatic rings. The van der Waals surface area contributed by atoms with Crippen molar-refractivity contribution in [2.24, 2.45) is 0 Å². The molecule has 0 radical (unpaired) electrons. The van der Waals surface area contributed by atoms with Gasteiger partial charge in [-0.2, -0.15) is 5.01 Å². The number of nitrogens with zero attached hydrogens (tertiary/aromatic N) is 1. The summed E-state index contributed by atoms with van der Waals surface area (Å²) in [7, 11) is 3.04. The van der Waals surface area contributed by atoms with Crippen LogP contribution in [0.5, 0.6) is 11.5 Å². The van der Waals surface area contributed by atoms with Crippen molar-refractivity contribution in [3.8, 4) is 11.5 Å². The van der Waals surface area contributed by atoms with E-state index in [1.165, 1.54) is 7.11 Å². The lowest BCUT2D eigenvalue weighted by Crippen LogP contribution is -2.51. The van der Waals surface area contributed by atoms with Gasteiger partial charge in [0.2, 0.25) is 5.91 Å². The van der Waals surface area contributed by atoms with Gasteiger partial charge >= 0.3 is 6.03 Å². The van der Waals surface area contributed by atoms with Crippen LogP contribution in [0.1, 0.15) is 37.7 Å². The smallest absolute Gasteiger partial charge is 0.344 e. The molecule has 1 saturated heterocycles. The van der Waals surface area contributed by atoms with Gasteiger partial charge in [-0.05, 0) is 18.9 Å². The number of amides is 4. The van der Waals surface area contributed by atoms with Crippen LogP contribution in [0.25, 0.3) is 0 Å². The molecule has 1 aliphatic heterocycles. The second kappa shape index (κ2) is 7.23. The fourth-order valence-electron chi connectivity index (χ4n) is 3.55. The molecule has 1 saturated carbocycles. The minimum Gasteiger partial charge on any atom is -0.497 e. The third-order valence-electron chi connectivity index (χ3n) is 4.95. The molecule has 2 N–H and O–H groups in total. The van der Waals surface area contributed by atoms with E-state index in [9.17, 15) is 14.4 Å². The zero-order valence-electron chi connectivity index (χ0n) is 15.0. The molecule has 3 rings (SSSR count). The van der Waals surface area contributed by atoms with Crippen LogP contribution in [0, 0.1) is 0 Å². The van der Waals surface area contributed by atoms with Crippen molar-refractivity contribution in [1.82, 2.24) is 15.8 Å². The first-order valence-electron chi connectivity index (χ1n) is 8.66. The van der Waals surface area contributed by atoms with Gasteiger partial charge in [0.15, 0.2) is 0 Å². The molecule has 1 aromatic carbocycles. The number of carbonyl (C=O) groups excluding carboxylic acids is 3. The normalized spacial score (nSPS) is 18.6. The van der Waals surface area contributed by atoms with Gasteiger partial charge in [-0.25, -0.2) is 4.79 Å². The monoisotopic (exact) mass is 361 g/mol. The Hall–Kier alpha value is -2.77. The molecule has 26 heavy (non-hydrogen) atoms. The van der Waals surface area contributed by atoms with E-state index in [0.717, 1.165) is 24.3 Å². The summed E-state index contributed by atoms with van der Waals surface area (Å²) in [5, 5.41) is 3.57. The van der Waals surface area contributed by atoms with Crippen molar-refractivity contribution in [2.75, 3.05) is 14.2 Å². The quantitative estimate of drug-likeness (QED) is 0.776. The highest BCUT2D eigenvalue weighted by atomic mass is 16.5. The lowest BCUT2D eigenvalue weighted by molar-refractivity contribution is -0.139. The molecular weight excluding hydrogens is 338 g/mol. The van der Waals surface area contributed by atoms with Crippen molar-refractivity contribution in [2.45, 2.75) is 44.1 Å². The molecule has 8 nitrogen and oxygen atoms in total. The summed E-state index contributed by atoms with van der Waals surface area (Å²) in [4.78, 5) is 37.2. The van der Waals surface area contributed by atoms with Crippen LogP contribution >= 0.6 is 0 Å². The molecule has 0 atom stereocenters. The number of hydrazine groups is 1. The van der Waals surface area contributed by atoms with E-state index < -0.39 is 17.5 Å². The summed E-state index contributed by atoms with van der Waals surface area (Å²) < 4.78 is 10.4. The molecule has 1 aliphatic carbocycles. The lowest BCUT2D eigenvalue weighted by Gasteiger charge is -2.30. The zero-order chi connectivity index (χ0) is 18.7. The number of methoxy groups -OCH3 is 2. The van der Waals surface area contributed by atoms with E-state index >= 15 is 0 Å². The van der Waals surface area contributed by atoms with Crippen molar-refractivity contribution >= 4 is 17.8 Å². The maximum atomic E-state index is 12.7. The first-order chi connectivity index (χ1) is 12.5. The number of benzene rings is 1. The topological polar surface area (TPSA) is 97.0 Å². The first-order valence-corrected chi connectivity index (χ1v) is 8.66. The Kier molecular flexibility index (Phi) is 5.01. The second-order valence-corrected chi connectivity index (χ2v) is 6.60. The maximum absolute atomic E-state index is 12.7. The first kappa shape index (κ1) is 18.0.